The van der Waals surface area contributed by atoms with Gasteiger partial charge in [-0.05, 0) is 15.9 Å². The van der Waals surface area contributed by atoms with Crippen LogP contribution in [-0.2, 0) is 21.9 Å². The molecule has 102 valence electrons. The summed E-state index contributed by atoms with van der Waals surface area (Å²) in [5, 5.41) is 15.7. The maximum Gasteiger partial charge on any atom is 0.304 e. The summed E-state index contributed by atoms with van der Waals surface area (Å²) in [4.78, 5) is 10.5. The van der Waals surface area contributed by atoms with Crippen LogP contribution >= 0.6 is 15.9 Å². The summed E-state index contributed by atoms with van der Waals surface area (Å²) in [6.07, 6.45) is -0.254. The summed E-state index contributed by atoms with van der Waals surface area (Å²) in [5.41, 5.74) is 0. The number of aliphatic carboxylic acids is 1. The Kier molecular flexibility index (Phi) is 4.82. The van der Waals surface area contributed by atoms with Crippen LogP contribution in [0.25, 0.3) is 0 Å². The van der Waals surface area contributed by atoms with Gasteiger partial charge < -0.3 is 5.11 Å². The van der Waals surface area contributed by atoms with Crippen molar-refractivity contribution in [1.82, 2.24) is 19.3 Å². The molecule has 1 rings (SSSR count). The van der Waals surface area contributed by atoms with Gasteiger partial charge in [0.25, 0.3) is 10.0 Å². The molecule has 1 heterocycles. The molecule has 0 aliphatic rings. The molecule has 0 saturated heterocycles. The lowest BCUT2D eigenvalue weighted by molar-refractivity contribution is -0.137. The van der Waals surface area contributed by atoms with Crippen molar-refractivity contribution in [2.45, 2.75) is 18.4 Å². The number of sulfonamides is 1. The highest BCUT2D eigenvalue weighted by Crippen LogP contribution is 2.22. The number of carboxylic acids is 1. The second-order valence-corrected chi connectivity index (χ2v) is 6.05. The number of hydrogen-bond acceptors (Lipinski definition) is 5. The molecule has 0 aliphatic carbocycles. The lowest BCUT2D eigenvalue weighted by Crippen LogP contribution is -2.34. The van der Waals surface area contributed by atoms with E-state index in [1.54, 1.807) is 6.92 Å². The molecule has 1 aromatic rings. The van der Waals surface area contributed by atoms with E-state index in [0.717, 1.165) is 8.99 Å². The minimum absolute atomic E-state index is 0.0882. The Labute approximate surface area is 113 Å². The number of carbonyl (C=O) groups is 1. The fraction of sp³-hybridized carbons (Fsp3) is 0.625. The Morgan fingerprint density at radius 2 is 2.17 bits per heavy atom. The first-order chi connectivity index (χ1) is 8.30. The number of carboxylic acid groups (broad SMARTS) is 1. The van der Waals surface area contributed by atoms with Gasteiger partial charge in [0.05, 0.1) is 6.42 Å². The van der Waals surface area contributed by atoms with Crippen LogP contribution in [0.4, 0.5) is 0 Å². The van der Waals surface area contributed by atoms with Gasteiger partial charge in [-0.1, -0.05) is 12.1 Å². The molecule has 1 aromatic heterocycles. The third-order valence-corrected chi connectivity index (χ3v) is 5.11. The van der Waals surface area contributed by atoms with E-state index >= 15 is 0 Å². The summed E-state index contributed by atoms with van der Waals surface area (Å²) in [6, 6.07) is 0. The lowest BCUT2D eigenvalue weighted by atomic mass is 10.4. The van der Waals surface area contributed by atoms with Crippen LogP contribution < -0.4 is 0 Å². The zero-order valence-electron chi connectivity index (χ0n) is 9.87. The van der Waals surface area contributed by atoms with E-state index in [9.17, 15) is 13.2 Å². The van der Waals surface area contributed by atoms with Gasteiger partial charge in [-0.15, -0.1) is 5.10 Å². The Morgan fingerprint density at radius 3 is 2.56 bits per heavy atom. The van der Waals surface area contributed by atoms with Crippen LogP contribution in [0.5, 0.6) is 0 Å². The maximum absolute atomic E-state index is 12.3. The van der Waals surface area contributed by atoms with E-state index in [2.05, 4.69) is 26.2 Å². The monoisotopic (exact) mass is 340 g/mol. The minimum Gasteiger partial charge on any atom is -0.481 e. The van der Waals surface area contributed by atoms with Crippen molar-refractivity contribution in [3.63, 3.8) is 0 Å². The third kappa shape index (κ3) is 3.06. The van der Waals surface area contributed by atoms with Crippen LogP contribution in [0.1, 0.15) is 13.3 Å². The largest absolute Gasteiger partial charge is 0.481 e. The average molecular weight is 341 g/mol. The predicted octanol–water partition coefficient (Wildman–Crippen LogP) is 0.0629. The summed E-state index contributed by atoms with van der Waals surface area (Å²) in [7, 11) is -2.35. The molecule has 0 saturated carbocycles. The number of halogens is 1. The molecule has 10 heteroatoms. The molecular formula is C8H13BrN4O4S. The molecule has 0 unspecified atom stereocenters. The van der Waals surface area contributed by atoms with Crippen LogP contribution in [0, 0.1) is 0 Å². The molecule has 0 bridgehead atoms. The van der Waals surface area contributed by atoms with Gasteiger partial charge in [-0.25, -0.2) is 13.1 Å². The van der Waals surface area contributed by atoms with Crippen molar-refractivity contribution in [1.29, 1.82) is 0 Å². The van der Waals surface area contributed by atoms with E-state index in [1.807, 2.05) is 0 Å². The van der Waals surface area contributed by atoms with Crippen LogP contribution in [0.15, 0.2) is 9.63 Å². The average Bonchev–Trinajstić information content (AvgIpc) is 2.58. The molecule has 1 N–H and O–H groups in total. The zero-order valence-corrected chi connectivity index (χ0v) is 12.3. The van der Waals surface area contributed by atoms with Crippen molar-refractivity contribution in [3.8, 4) is 0 Å². The molecule has 0 atom stereocenters. The fourth-order valence-corrected chi connectivity index (χ4v) is 3.87. The fourth-order valence-electron chi connectivity index (χ4n) is 1.39. The predicted molar refractivity (Wildman–Crippen MR) is 65.4 cm³/mol. The van der Waals surface area contributed by atoms with E-state index in [-0.39, 0.29) is 29.1 Å². The number of rotatable bonds is 6. The highest BCUT2D eigenvalue weighted by Gasteiger charge is 2.30. The SMILES string of the molecule is CCN(CCC(=O)O)S(=O)(=O)c1c(Br)nnn1C. The van der Waals surface area contributed by atoms with Crippen LogP contribution in [0.2, 0.25) is 0 Å². The highest BCUT2D eigenvalue weighted by molar-refractivity contribution is 9.10. The Balaban J connectivity index is 3.07. The first kappa shape index (κ1) is 15.1. The standard InChI is InChI=1S/C8H13BrN4O4S/c1-3-13(5-4-6(14)15)18(16,17)8-7(9)10-11-12(8)2/h3-5H2,1-2H3,(H,14,15). The topological polar surface area (TPSA) is 105 Å². The second kappa shape index (κ2) is 5.76. The first-order valence-electron chi connectivity index (χ1n) is 5.07. The molecule has 0 aliphatic heterocycles. The van der Waals surface area contributed by atoms with Crippen molar-refractivity contribution < 1.29 is 18.3 Å². The number of nitrogens with zero attached hydrogens (tertiary/aromatic N) is 4. The van der Waals surface area contributed by atoms with Gasteiger partial charge in [-0.3, -0.25) is 4.79 Å². The number of hydrogen-bond donors (Lipinski definition) is 1. The van der Waals surface area contributed by atoms with E-state index in [0.29, 0.717) is 0 Å². The van der Waals surface area contributed by atoms with E-state index in [4.69, 9.17) is 5.11 Å². The first-order valence-corrected chi connectivity index (χ1v) is 7.31. The summed E-state index contributed by atoms with van der Waals surface area (Å²) in [6.45, 7) is 1.72. The van der Waals surface area contributed by atoms with Gasteiger partial charge in [0.15, 0.2) is 4.60 Å². The van der Waals surface area contributed by atoms with Crippen molar-refractivity contribution in [3.05, 3.63) is 4.60 Å². The molecule has 0 amide bonds. The molecule has 0 radical (unpaired) electrons. The molecule has 0 aromatic carbocycles. The third-order valence-electron chi connectivity index (χ3n) is 2.25. The van der Waals surface area contributed by atoms with Crippen molar-refractivity contribution in [2.24, 2.45) is 7.05 Å². The molecule has 18 heavy (non-hydrogen) atoms. The minimum atomic E-state index is -3.80. The van der Waals surface area contributed by atoms with Crippen molar-refractivity contribution >= 4 is 31.9 Å². The number of aryl methyl sites for hydroxylation is 1. The van der Waals surface area contributed by atoms with Crippen LogP contribution in [0.3, 0.4) is 0 Å². The normalized spacial score (nSPS) is 12.0. The summed E-state index contributed by atoms with van der Waals surface area (Å²) in [5.74, 6) is -1.05. The molecule has 0 fully saturated rings. The molecule has 8 nitrogen and oxygen atoms in total. The van der Waals surface area contributed by atoms with Gasteiger partial charge in [0, 0.05) is 20.1 Å². The van der Waals surface area contributed by atoms with Gasteiger partial charge in [0.1, 0.15) is 0 Å². The van der Waals surface area contributed by atoms with Crippen molar-refractivity contribution in [2.75, 3.05) is 13.1 Å². The zero-order chi connectivity index (χ0) is 13.9. The van der Waals surface area contributed by atoms with E-state index < -0.39 is 16.0 Å². The van der Waals surface area contributed by atoms with Crippen LogP contribution in [-0.4, -0.2) is 51.9 Å². The quantitative estimate of drug-likeness (QED) is 0.785. The Hall–Kier alpha value is -1.00. The van der Waals surface area contributed by atoms with E-state index in [1.165, 1.54) is 7.05 Å². The maximum atomic E-state index is 12.3. The summed E-state index contributed by atoms with van der Waals surface area (Å²) < 4.78 is 26.9. The lowest BCUT2D eigenvalue weighted by Gasteiger charge is -2.19. The molecular weight excluding hydrogens is 328 g/mol. The Bertz CT molecular complexity index is 522. The number of aromatic nitrogens is 3. The van der Waals surface area contributed by atoms with Gasteiger partial charge in [0.2, 0.25) is 5.03 Å². The highest BCUT2D eigenvalue weighted by atomic mass is 79.9. The van der Waals surface area contributed by atoms with Gasteiger partial charge in [-0.2, -0.15) is 4.31 Å². The molecule has 0 spiro atoms. The smallest absolute Gasteiger partial charge is 0.304 e. The summed E-state index contributed by atoms with van der Waals surface area (Å²) >= 11 is 3.01. The Morgan fingerprint density at radius 1 is 1.56 bits per heavy atom. The second-order valence-electron chi connectivity index (χ2n) is 3.45. The van der Waals surface area contributed by atoms with Gasteiger partial charge >= 0.3 is 5.97 Å².